The third-order valence-electron chi connectivity index (χ3n) is 4.00. The van der Waals surface area contributed by atoms with Crippen molar-refractivity contribution in [3.63, 3.8) is 0 Å². The van der Waals surface area contributed by atoms with Crippen molar-refractivity contribution >= 4 is 11.3 Å². The van der Waals surface area contributed by atoms with Crippen LogP contribution in [0.5, 0.6) is 0 Å². The summed E-state index contributed by atoms with van der Waals surface area (Å²) in [5.74, 6) is 0.932. The van der Waals surface area contributed by atoms with Crippen LogP contribution in [-0.4, -0.2) is 0 Å². The minimum Gasteiger partial charge on any atom is -0.321 e. The summed E-state index contributed by atoms with van der Waals surface area (Å²) in [5.41, 5.74) is 7.92. The minimum atomic E-state index is -0.0188. The van der Waals surface area contributed by atoms with Gasteiger partial charge >= 0.3 is 0 Å². The van der Waals surface area contributed by atoms with Crippen LogP contribution in [0.4, 0.5) is 0 Å². The number of hydrogen-bond donors (Lipinski definition) is 1. The van der Waals surface area contributed by atoms with Gasteiger partial charge in [0.25, 0.3) is 0 Å². The van der Waals surface area contributed by atoms with Crippen molar-refractivity contribution in [2.75, 3.05) is 0 Å². The first-order chi connectivity index (χ1) is 7.64. The summed E-state index contributed by atoms with van der Waals surface area (Å²) in [5, 5.41) is 2.26. The Bertz CT molecular complexity index is 334. The Morgan fingerprint density at radius 2 is 2.12 bits per heavy atom. The number of nitrogens with two attached hydrogens (primary N) is 1. The SMILES string of the molecule is CCCC1CCC(N)(c2csc(C)c2)CC1. The maximum absolute atomic E-state index is 6.56. The van der Waals surface area contributed by atoms with Crippen LogP contribution in [0.15, 0.2) is 11.4 Å². The zero-order chi connectivity index (χ0) is 11.6. The third kappa shape index (κ3) is 2.49. The van der Waals surface area contributed by atoms with Crippen LogP contribution < -0.4 is 5.73 Å². The maximum atomic E-state index is 6.56. The fourth-order valence-electron chi connectivity index (χ4n) is 2.88. The Morgan fingerprint density at radius 1 is 1.44 bits per heavy atom. The lowest BCUT2D eigenvalue weighted by molar-refractivity contribution is 0.227. The predicted molar refractivity (Wildman–Crippen MR) is 71.8 cm³/mol. The van der Waals surface area contributed by atoms with E-state index in [-0.39, 0.29) is 5.54 Å². The predicted octanol–water partition coefficient (Wildman–Crippen LogP) is 4.20. The van der Waals surface area contributed by atoms with Crippen LogP contribution in [0.3, 0.4) is 0 Å². The van der Waals surface area contributed by atoms with Crippen molar-refractivity contribution in [1.82, 2.24) is 0 Å². The van der Waals surface area contributed by atoms with Gasteiger partial charge in [0, 0.05) is 10.4 Å². The average Bonchev–Trinajstić information content (AvgIpc) is 2.70. The van der Waals surface area contributed by atoms with Gasteiger partial charge in [-0.15, -0.1) is 11.3 Å². The maximum Gasteiger partial charge on any atom is 0.0418 e. The van der Waals surface area contributed by atoms with E-state index in [2.05, 4.69) is 25.3 Å². The first-order valence-corrected chi connectivity index (χ1v) is 7.36. The molecule has 0 bridgehead atoms. The van der Waals surface area contributed by atoms with Gasteiger partial charge in [0.05, 0.1) is 0 Å². The quantitative estimate of drug-likeness (QED) is 0.837. The second kappa shape index (κ2) is 4.89. The van der Waals surface area contributed by atoms with Crippen molar-refractivity contribution in [3.05, 3.63) is 21.9 Å². The van der Waals surface area contributed by atoms with E-state index in [1.807, 2.05) is 11.3 Å². The Labute approximate surface area is 103 Å². The van der Waals surface area contributed by atoms with E-state index < -0.39 is 0 Å². The fraction of sp³-hybridized carbons (Fsp3) is 0.714. The molecule has 1 aliphatic rings. The zero-order valence-electron chi connectivity index (χ0n) is 10.5. The molecule has 2 heteroatoms. The zero-order valence-corrected chi connectivity index (χ0v) is 11.3. The Kier molecular flexibility index (Phi) is 3.70. The van der Waals surface area contributed by atoms with Crippen molar-refractivity contribution in [3.8, 4) is 0 Å². The highest BCUT2D eigenvalue weighted by molar-refractivity contribution is 7.10. The molecule has 0 saturated heterocycles. The molecule has 0 aliphatic heterocycles. The Morgan fingerprint density at radius 3 is 2.62 bits per heavy atom. The molecule has 90 valence electrons. The van der Waals surface area contributed by atoms with Gasteiger partial charge < -0.3 is 5.73 Å². The number of rotatable bonds is 3. The topological polar surface area (TPSA) is 26.0 Å². The molecule has 0 radical (unpaired) electrons. The lowest BCUT2D eigenvalue weighted by atomic mass is 9.73. The molecule has 0 aromatic carbocycles. The number of hydrogen-bond acceptors (Lipinski definition) is 2. The number of aryl methyl sites for hydroxylation is 1. The smallest absolute Gasteiger partial charge is 0.0418 e. The summed E-state index contributed by atoms with van der Waals surface area (Å²) in [6.45, 7) is 4.45. The molecule has 1 aromatic rings. The second-order valence-electron chi connectivity index (χ2n) is 5.33. The molecule has 1 nitrogen and oxygen atoms in total. The van der Waals surface area contributed by atoms with E-state index in [0.29, 0.717) is 0 Å². The first-order valence-electron chi connectivity index (χ1n) is 6.48. The van der Waals surface area contributed by atoms with Crippen LogP contribution in [-0.2, 0) is 5.54 Å². The van der Waals surface area contributed by atoms with Crippen LogP contribution >= 0.6 is 11.3 Å². The van der Waals surface area contributed by atoms with Gasteiger partial charge in [-0.2, -0.15) is 0 Å². The van der Waals surface area contributed by atoms with Crippen molar-refractivity contribution in [2.24, 2.45) is 11.7 Å². The van der Waals surface area contributed by atoms with Crippen LogP contribution in [0.2, 0.25) is 0 Å². The van der Waals surface area contributed by atoms with Crippen molar-refractivity contribution in [2.45, 2.75) is 57.9 Å². The number of thiophene rings is 1. The van der Waals surface area contributed by atoms with Crippen LogP contribution in [0, 0.1) is 12.8 Å². The van der Waals surface area contributed by atoms with Gasteiger partial charge in [-0.05, 0) is 55.5 Å². The summed E-state index contributed by atoms with van der Waals surface area (Å²) in [4.78, 5) is 1.38. The molecular formula is C14H23NS. The Hall–Kier alpha value is -0.340. The summed E-state index contributed by atoms with van der Waals surface area (Å²) >= 11 is 1.83. The highest BCUT2D eigenvalue weighted by Crippen LogP contribution is 2.40. The highest BCUT2D eigenvalue weighted by Gasteiger charge is 2.33. The van der Waals surface area contributed by atoms with Gasteiger partial charge in [0.1, 0.15) is 0 Å². The molecule has 1 aromatic heterocycles. The lowest BCUT2D eigenvalue weighted by Gasteiger charge is -2.37. The summed E-state index contributed by atoms with van der Waals surface area (Å²) < 4.78 is 0. The van der Waals surface area contributed by atoms with E-state index in [1.54, 1.807) is 0 Å². The van der Waals surface area contributed by atoms with E-state index >= 15 is 0 Å². The average molecular weight is 237 g/mol. The molecule has 0 atom stereocenters. The van der Waals surface area contributed by atoms with Crippen LogP contribution in [0.1, 0.15) is 55.9 Å². The molecule has 1 saturated carbocycles. The van der Waals surface area contributed by atoms with E-state index in [9.17, 15) is 0 Å². The molecule has 1 aliphatic carbocycles. The third-order valence-corrected chi connectivity index (χ3v) is 4.86. The van der Waals surface area contributed by atoms with Crippen molar-refractivity contribution < 1.29 is 0 Å². The summed E-state index contributed by atoms with van der Waals surface area (Å²) in [6.07, 6.45) is 7.69. The van der Waals surface area contributed by atoms with Gasteiger partial charge in [0.15, 0.2) is 0 Å². The standard InChI is InChI=1S/C14H23NS/c1-3-4-12-5-7-14(15,8-6-12)13-9-11(2)16-10-13/h9-10,12H,3-8,15H2,1-2H3. The lowest BCUT2D eigenvalue weighted by Crippen LogP contribution is -2.40. The first kappa shape index (κ1) is 12.1. The monoisotopic (exact) mass is 237 g/mol. The molecule has 1 heterocycles. The molecule has 16 heavy (non-hydrogen) atoms. The minimum absolute atomic E-state index is 0.0188. The van der Waals surface area contributed by atoms with E-state index in [4.69, 9.17) is 5.73 Å². The normalized spacial score (nSPS) is 30.6. The Balaban J connectivity index is 2.01. The highest BCUT2D eigenvalue weighted by atomic mass is 32.1. The molecule has 0 amide bonds. The fourth-order valence-corrected chi connectivity index (χ4v) is 3.69. The molecular weight excluding hydrogens is 214 g/mol. The van der Waals surface area contributed by atoms with E-state index in [1.165, 1.54) is 49.0 Å². The molecule has 1 fully saturated rings. The van der Waals surface area contributed by atoms with Gasteiger partial charge in [-0.25, -0.2) is 0 Å². The molecule has 0 spiro atoms. The van der Waals surface area contributed by atoms with E-state index in [0.717, 1.165) is 5.92 Å². The van der Waals surface area contributed by atoms with Gasteiger partial charge in [-0.3, -0.25) is 0 Å². The second-order valence-corrected chi connectivity index (χ2v) is 6.45. The molecule has 0 unspecified atom stereocenters. The summed E-state index contributed by atoms with van der Waals surface area (Å²) in [6, 6.07) is 2.28. The molecule has 2 rings (SSSR count). The molecule has 2 N–H and O–H groups in total. The van der Waals surface area contributed by atoms with Crippen LogP contribution in [0.25, 0.3) is 0 Å². The van der Waals surface area contributed by atoms with Gasteiger partial charge in [0.2, 0.25) is 0 Å². The largest absolute Gasteiger partial charge is 0.321 e. The van der Waals surface area contributed by atoms with Crippen molar-refractivity contribution in [1.29, 1.82) is 0 Å². The van der Waals surface area contributed by atoms with Gasteiger partial charge in [-0.1, -0.05) is 19.8 Å². The summed E-state index contributed by atoms with van der Waals surface area (Å²) in [7, 11) is 0.